The molecule has 21 heavy (non-hydrogen) atoms. The van der Waals surface area contributed by atoms with Crippen LogP contribution in [0.4, 0.5) is 5.69 Å². The molecule has 2 aromatic rings. The molecule has 2 heteroatoms. The van der Waals surface area contributed by atoms with Crippen LogP contribution in [0, 0.1) is 0 Å². The van der Waals surface area contributed by atoms with E-state index < -0.39 is 0 Å². The molecule has 1 heterocycles. The van der Waals surface area contributed by atoms with Gasteiger partial charge in [0.05, 0.1) is 0 Å². The van der Waals surface area contributed by atoms with Crippen LogP contribution in [0.5, 0.6) is 0 Å². The molecule has 0 radical (unpaired) electrons. The van der Waals surface area contributed by atoms with Crippen LogP contribution in [0.2, 0.25) is 0 Å². The van der Waals surface area contributed by atoms with Gasteiger partial charge in [0.15, 0.2) is 0 Å². The van der Waals surface area contributed by atoms with Crippen molar-refractivity contribution in [3.8, 4) is 0 Å². The highest BCUT2D eigenvalue weighted by Crippen LogP contribution is 2.44. The lowest BCUT2D eigenvalue weighted by atomic mass is 9.94. The summed E-state index contributed by atoms with van der Waals surface area (Å²) in [4.78, 5) is 2.71. The van der Waals surface area contributed by atoms with Crippen LogP contribution in [-0.2, 0) is 0 Å². The van der Waals surface area contributed by atoms with E-state index in [1.54, 1.807) is 5.56 Å². The lowest BCUT2D eigenvalue weighted by Gasteiger charge is -2.33. The molecule has 1 atom stereocenters. The number of benzene rings is 2. The van der Waals surface area contributed by atoms with Crippen LogP contribution in [0.3, 0.4) is 0 Å². The average Bonchev–Trinajstić information content (AvgIpc) is 2.86. The molecule has 0 saturated heterocycles. The summed E-state index contributed by atoms with van der Waals surface area (Å²) in [6.45, 7) is 3.59. The quantitative estimate of drug-likeness (QED) is 0.626. The van der Waals surface area contributed by atoms with E-state index in [1.165, 1.54) is 59.6 Å². The van der Waals surface area contributed by atoms with Crippen molar-refractivity contribution in [2.75, 3.05) is 11.4 Å². The first-order valence-corrected chi connectivity index (χ1v) is 9.03. The highest BCUT2D eigenvalue weighted by atomic mass is 79.9. The molecule has 0 N–H and O–H groups in total. The molecular weight excluding hydrogens is 322 g/mol. The second-order valence-electron chi connectivity index (χ2n) is 6.68. The highest BCUT2D eigenvalue weighted by molar-refractivity contribution is 9.10. The van der Waals surface area contributed by atoms with Gasteiger partial charge in [-0.1, -0.05) is 60.3 Å². The predicted octanol–water partition coefficient (Wildman–Crippen LogP) is 5.86. The minimum absolute atomic E-state index is 0.639. The number of fused-ring (bicyclic) bond motifs is 3. The summed E-state index contributed by atoms with van der Waals surface area (Å²) in [5.41, 5.74) is 3.07. The summed E-state index contributed by atoms with van der Waals surface area (Å²) in [6.07, 6.45) is 7.00. The van der Waals surface area contributed by atoms with Gasteiger partial charge in [-0.2, -0.15) is 0 Å². The lowest BCUT2D eigenvalue weighted by Crippen LogP contribution is -2.35. The maximum Gasteiger partial charge on any atom is 0.0411 e. The van der Waals surface area contributed by atoms with Gasteiger partial charge in [-0.15, -0.1) is 0 Å². The van der Waals surface area contributed by atoms with Crippen molar-refractivity contribution < 1.29 is 0 Å². The van der Waals surface area contributed by atoms with Gasteiger partial charge >= 0.3 is 0 Å². The van der Waals surface area contributed by atoms with Crippen LogP contribution in [0.1, 0.15) is 50.5 Å². The van der Waals surface area contributed by atoms with E-state index in [-0.39, 0.29) is 0 Å². The van der Waals surface area contributed by atoms with Crippen molar-refractivity contribution in [1.29, 1.82) is 0 Å². The molecule has 2 aliphatic rings. The van der Waals surface area contributed by atoms with Crippen molar-refractivity contribution in [2.45, 2.75) is 51.0 Å². The summed E-state index contributed by atoms with van der Waals surface area (Å²) in [6, 6.07) is 12.0. The summed E-state index contributed by atoms with van der Waals surface area (Å²) in [5, 5.41) is 2.79. The molecule has 1 unspecified atom stereocenters. The van der Waals surface area contributed by atoms with Gasteiger partial charge in [0.1, 0.15) is 0 Å². The molecule has 2 aromatic carbocycles. The average molecular weight is 344 g/mol. The van der Waals surface area contributed by atoms with Crippen molar-refractivity contribution in [3.63, 3.8) is 0 Å². The smallest absolute Gasteiger partial charge is 0.0411 e. The zero-order chi connectivity index (χ0) is 14.4. The molecule has 0 aromatic heterocycles. The minimum atomic E-state index is 0.639. The Hall–Kier alpha value is -1.02. The SMILES string of the molecule is CC1CN(C2CCCCC2)c2ccc3c(Br)cccc3c21. The maximum absolute atomic E-state index is 3.70. The number of hydrogen-bond acceptors (Lipinski definition) is 1. The Kier molecular flexibility index (Phi) is 3.45. The van der Waals surface area contributed by atoms with Crippen LogP contribution in [-0.4, -0.2) is 12.6 Å². The van der Waals surface area contributed by atoms with Crippen molar-refractivity contribution >= 4 is 32.4 Å². The molecule has 1 nitrogen and oxygen atoms in total. The van der Waals surface area contributed by atoms with Gasteiger partial charge < -0.3 is 4.90 Å². The van der Waals surface area contributed by atoms with Gasteiger partial charge in [-0.3, -0.25) is 0 Å². The number of halogens is 1. The maximum atomic E-state index is 3.70. The van der Waals surface area contributed by atoms with E-state index in [4.69, 9.17) is 0 Å². The number of hydrogen-bond donors (Lipinski definition) is 0. The minimum Gasteiger partial charge on any atom is -0.368 e. The van der Waals surface area contributed by atoms with Crippen LogP contribution in [0.15, 0.2) is 34.8 Å². The van der Waals surface area contributed by atoms with Gasteiger partial charge in [-0.05, 0) is 41.3 Å². The second kappa shape index (κ2) is 5.31. The van der Waals surface area contributed by atoms with Gasteiger partial charge in [0.2, 0.25) is 0 Å². The van der Waals surface area contributed by atoms with Crippen molar-refractivity contribution in [2.24, 2.45) is 0 Å². The van der Waals surface area contributed by atoms with Crippen molar-refractivity contribution in [1.82, 2.24) is 0 Å². The molecule has 1 aliphatic carbocycles. The first-order valence-electron chi connectivity index (χ1n) is 8.23. The standard InChI is InChI=1S/C19H22BrN/c1-13-12-21(14-6-3-2-4-7-14)18-11-10-15-16(19(13)18)8-5-9-17(15)20/h5,8-11,13-14H,2-4,6-7,12H2,1H3. The lowest BCUT2D eigenvalue weighted by molar-refractivity contribution is 0.416. The van der Waals surface area contributed by atoms with E-state index in [9.17, 15) is 0 Å². The van der Waals surface area contributed by atoms with Gasteiger partial charge in [0, 0.05) is 28.7 Å². The number of rotatable bonds is 1. The molecule has 1 saturated carbocycles. The fourth-order valence-electron chi connectivity index (χ4n) is 4.32. The van der Waals surface area contributed by atoms with Crippen molar-refractivity contribution in [3.05, 3.63) is 40.4 Å². The molecule has 4 rings (SSSR count). The fraction of sp³-hybridized carbons (Fsp3) is 0.474. The molecular formula is C19H22BrN. The predicted molar refractivity (Wildman–Crippen MR) is 94.3 cm³/mol. The summed E-state index contributed by atoms with van der Waals surface area (Å²) in [7, 11) is 0. The highest BCUT2D eigenvalue weighted by Gasteiger charge is 2.32. The number of nitrogens with zero attached hydrogens (tertiary/aromatic N) is 1. The first-order chi connectivity index (χ1) is 10.3. The summed E-state index contributed by atoms with van der Waals surface area (Å²) in [5.74, 6) is 0.639. The topological polar surface area (TPSA) is 3.24 Å². The fourth-order valence-corrected chi connectivity index (χ4v) is 4.82. The monoisotopic (exact) mass is 343 g/mol. The molecule has 0 bridgehead atoms. The normalized spacial score (nSPS) is 22.8. The molecule has 1 aliphatic heterocycles. The molecule has 110 valence electrons. The summed E-state index contributed by atoms with van der Waals surface area (Å²) >= 11 is 3.70. The Bertz CT molecular complexity index is 673. The van der Waals surface area contributed by atoms with Crippen LogP contribution >= 0.6 is 15.9 Å². The zero-order valence-corrected chi connectivity index (χ0v) is 14.2. The largest absolute Gasteiger partial charge is 0.368 e. The Morgan fingerprint density at radius 3 is 2.62 bits per heavy atom. The summed E-state index contributed by atoms with van der Waals surface area (Å²) < 4.78 is 1.21. The number of anilines is 1. The molecule has 0 amide bonds. The first kappa shape index (κ1) is 13.6. The zero-order valence-electron chi connectivity index (χ0n) is 12.6. The van der Waals surface area contributed by atoms with Gasteiger partial charge in [0.25, 0.3) is 0 Å². The van der Waals surface area contributed by atoms with E-state index in [1.807, 2.05) is 0 Å². The van der Waals surface area contributed by atoms with E-state index in [2.05, 4.69) is 58.1 Å². The Balaban J connectivity index is 1.83. The van der Waals surface area contributed by atoms with E-state index in [0.29, 0.717) is 5.92 Å². The second-order valence-corrected chi connectivity index (χ2v) is 7.53. The molecule has 0 spiro atoms. The third-order valence-electron chi connectivity index (χ3n) is 5.32. The van der Waals surface area contributed by atoms with Crippen LogP contribution < -0.4 is 4.90 Å². The Morgan fingerprint density at radius 2 is 1.81 bits per heavy atom. The van der Waals surface area contributed by atoms with Gasteiger partial charge in [-0.25, -0.2) is 0 Å². The van der Waals surface area contributed by atoms with E-state index >= 15 is 0 Å². The third-order valence-corrected chi connectivity index (χ3v) is 6.01. The third kappa shape index (κ3) is 2.19. The Morgan fingerprint density at radius 1 is 1.00 bits per heavy atom. The van der Waals surface area contributed by atoms with E-state index in [0.717, 1.165) is 6.04 Å². The Labute approximate surface area is 135 Å². The molecule has 1 fully saturated rings. The van der Waals surface area contributed by atoms with Crippen LogP contribution in [0.25, 0.3) is 10.8 Å².